The molecular weight excluding hydrogens is 364 g/mol. The molecule has 0 saturated carbocycles. The van der Waals surface area contributed by atoms with Gasteiger partial charge in [-0.1, -0.05) is 0 Å². The molecule has 1 atom stereocenters. The lowest BCUT2D eigenvalue weighted by atomic mass is 10.0. The van der Waals surface area contributed by atoms with E-state index in [1.54, 1.807) is 37.4 Å². The molecule has 1 saturated heterocycles. The van der Waals surface area contributed by atoms with Gasteiger partial charge in [-0.05, 0) is 6.92 Å². The van der Waals surface area contributed by atoms with Crippen molar-refractivity contribution < 1.29 is 19.0 Å². The first-order valence-electron chi connectivity index (χ1n) is 8.98. The van der Waals surface area contributed by atoms with Crippen molar-refractivity contribution in [1.82, 2.24) is 24.8 Å². The third-order valence-corrected chi connectivity index (χ3v) is 4.44. The number of methoxy groups -OCH3 is 2. The molecule has 28 heavy (non-hydrogen) atoms. The van der Waals surface area contributed by atoms with E-state index < -0.39 is 5.60 Å². The first kappa shape index (κ1) is 20.0. The fourth-order valence-electron chi connectivity index (χ4n) is 3.04. The van der Waals surface area contributed by atoms with Crippen LogP contribution in [0.4, 0.5) is 5.82 Å². The van der Waals surface area contributed by atoms with Crippen LogP contribution in [0.3, 0.4) is 0 Å². The normalized spacial score (nSPS) is 19.5. The van der Waals surface area contributed by atoms with E-state index in [1.807, 2.05) is 14.0 Å². The molecule has 1 aliphatic rings. The van der Waals surface area contributed by atoms with Gasteiger partial charge in [0.15, 0.2) is 5.82 Å². The Hall–Kier alpha value is -2.72. The fourth-order valence-corrected chi connectivity index (χ4v) is 3.04. The summed E-state index contributed by atoms with van der Waals surface area (Å²) in [5.41, 5.74) is -0.189. The second-order valence-corrected chi connectivity index (χ2v) is 6.94. The second-order valence-electron chi connectivity index (χ2n) is 6.94. The molecule has 1 aliphatic heterocycles. The zero-order valence-electron chi connectivity index (χ0n) is 16.6. The Bertz CT molecular complexity index is 826. The molecule has 2 aromatic rings. The highest BCUT2D eigenvalue weighted by Crippen LogP contribution is 2.24. The number of carbonyl (C=O) groups is 1. The average molecular weight is 390 g/mol. The third-order valence-electron chi connectivity index (χ3n) is 4.44. The molecule has 1 fully saturated rings. The number of morpholine rings is 1. The maximum Gasteiger partial charge on any atom is 0.271 e. The number of aryl methyl sites for hydroxylation is 1. The number of nitrogens with one attached hydrogen (secondary N) is 1. The van der Waals surface area contributed by atoms with Crippen LogP contribution < -0.4 is 15.0 Å². The van der Waals surface area contributed by atoms with Gasteiger partial charge in [0.2, 0.25) is 5.88 Å². The molecule has 0 spiro atoms. The summed E-state index contributed by atoms with van der Waals surface area (Å²) in [5.74, 6) is 1.54. The minimum atomic E-state index is -0.567. The molecule has 0 aromatic carbocycles. The van der Waals surface area contributed by atoms with E-state index in [0.29, 0.717) is 50.2 Å². The largest absolute Gasteiger partial charge is 0.481 e. The number of amides is 1. The Morgan fingerprint density at radius 3 is 2.89 bits per heavy atom. The predicted molar refractivity (Wildman–Crippen MR) is 101 cm³/mol. The van der Waals surface area contributed by atoms with Gasteiger partial charge >= 0.3 is 0 Å². The Kier molecular flexibility index (Phi) is 6.10. The van der Waals surface area contributed by atoms with Crippen LogP contribution in [-0.2, 0) is 23.1 Å². The highest BCUT2D eigenvalue weighted by atomic mass is 16.5. The van der Waals surface area contributed by atoms with Gasteiger partial charge in [0.05, 0.1) is 20.0 Å². The number of nitrogens with zero attached hydrogens (tertiary/aromatic N) is 5. The van der Waals surface area contributed by atoms with Crippen molar-refractivity contribution in [3.63, 3.8) is 0 Å². The van der Waals surface area contributed by atoms with E-state index in [0.717, 1.165) is 5.82 Å². The number of rotatable bonds is 7. The van der Waals surface area contributed by atoms with Crippen LogP contribution in [0.25, 0.3) is 0 Å². The summed E-state index contributed by atoms with van der Waals surface area (Å²) in [4.78, 5) is 27.3. The Labute approximate surface area is 163 Å². The van der Waals surface area contributed by atoms with Crippen molar-refractivity contribution in [1.29, 1.82) is 0 Å². The molecule has 0 radical (unpaired) electrons. The number of aromatic nitrogens is 4. The van der Waals surface area contributed by atoms with Crippen molar-refractivity contribution in [3.05, 3.63) is 30.1 Å². The minimum absolute atomic E-state index is 0.228. The number of anilines is 1. The third kappa shape index (κ3) is 4.76. The first-order valence-corrected chi connectivity index (χ1v) is 8.98. The van der Waals surface area contributed by atoms with E-state index >= 15 is 0 Å². The lowest BCUT2D eigenvalue weighted by Gasteiger charge is -2.41. The van der Waals surface area contributed by atoms with Crippen molar-refractivity contribution >= 4 is 11.7 Å². The minimum Gasteiger partial charge on any atom is -0.481 e. The Morgan fingerprint density at radius 2 is 2.21 bits per heavy atom. The van der Waals surface area contributed by atoms with Crippen molar-refractivity contribution in [2.24, 2.45) is 7.05 Å². The summed E-state index contributed by atoms with van der Waals surface area (Å²) in [5, 5.41) is 2.90. The van der Waals surface area contributed by atoms with Crippen molar-refractivity contribution in [2.45, 2.75) is 19.1 Å². The smallest absolute Gasteiger partial charge is 0.271 e. The van der Waals surface area contributed by atoms with E-state index in [4.69, 9.17) is 14.2 Å². The topological polar surface area (TPSA) is 104 Å². The van der Waals surface area contributed by atoms with Gasteiger partial charge in [0, 0.05) is 46.1 Å². The highest BCUT2D eigenvalue weighted by molar-refractivity contribution is 5.92. The van der Waals surface area contributed by atoms with Gasteiger partial charge in [-0.3, -0.25) is 4.79 Å². The van der Waals surface area contributed by atoms with Gasteiger partial charge < -0.3 is 29.0 Å². The number of imidazole rings is 1. The highest BCUT2D eigenvalue weighted by Gasteiger charge is 2.33. The molecule has 1 unspecified atom stereocenters. The number of hydrogen-bond acceptors (Lipinski definition) is 8. The van der Waals surface area contributed by atoms with Crippen LogP contribution in [0.1, 0.15) is 23.2 Å². The lowest BCUT2D eigenvalue weighted by Crippen LogP contribution is -2.56. The van der Waals surface area contributed by atoms with Crippen molar-refractivity contribution in [3.8, 4) is 5.88 Å². The summed E-state index contributed by atoms with van der Waals surface area (Å²) in [6.45, 7) is 4.37. The lowest BCUT2D eigenvalue weighted by molar-refractivity contribution is -0.0395. The number of carbonyl (C=O) groups excluding carboxylic acids is 1. The van der Waals surface area contributed by atoms with E-state index in [9.17, 15) is 4.79 Å². The summed E-state index contributed by atoms with van der Waals surface area (Å²) in [6, 6.07) is 1.79. The molecule has 1 N–H and O–H groups in total. The average Bonchev–Trinajstić information content (AvgIpc) is 3.12. The molecule has 2 aromatic heterocycles. The zero-order valence-corrected chi connectivity index (χ0v) is 16.6. The predicted octanol–water partition coefficient (Wildman–Crippen LogP) is 0.390. The Morgan fingerprint density at radius 1 is 1.39 bits per heavy atom. The standard InChI is InChI=1S/C18H26N6O4/c1-18(10-19-17(25)13-8-23(2)12-20-13)11-24(5-6-28-18)15-7-16(27-4)22-14(21-15)9-26-3/h7-8,12H,5-6,9-11H2,1-4H3,(H,19,25). The molecule has 152 valence electrons. The van der Waals surface area contributed by atoms with Gasteiger partial charge in [0.1, 0.15) is 23.7 Å². The van der Waals surface area contributed by atoms with Crippen LogP contribution in [0.5, 0.6) is 5.88 Å². The van der Waals surface area contributed by atoms with Gasteiger partial charge in [-0.2, -0.15) is 4.98 Å². The molecule has 0 bridgehead atoms. The molecule has 0 aliphatic carbocycles. The zero-order chi connectivity index (χ0) is 20.1. The van der Waals surface area contributed by atoms with Crippen LogP contribution in [-0.4, -0.2) is 71.5 Å². The maximum atomic E-state index is 12.3. The molecule has 10 nitrogen and oxygen atoms in total. The van der Waals surface area contributed by atoms with Crippen molar-refractivity contribution in [2.75, 3.05) is 45.4 Å². The maximum absolute atomic E-state index is 12.3. The summed E-state index contributed by atoms with van der Waals surface area (Å²) < 4.78 is 18.1. The quantitative estimate of drug-likeness (QED) is 0.724. The van der Waals surface area contributed by atoms with E-state index in [-0.39, 0.29) is 5.91 Å². The molecule has 1 amide bonds. The Balaban J connectivity index is 1.68. The summed E-state index contributed by atoms with van der Waals surface area (Å²) in [7, 11) is 4.99. The SMILES string of the molecule is COCc1nc(OC)cc(N2CCOC(C)(CNC(=O)c3cn(C)cn3)C2)n1. The van der Waals surface area contributed by atoms with Crippen LogP contribution in [0.2, 0.25) is 0 Å². The monoisotopic (exact) mass is 390 g/mol. The molecular formula is C18H26N6O4. The van der Waals surface area contributed by atoms with Gasteiger partial charge in [0.25, 0.3) is 5.91 Å². The summed E-state index contributed by atoms with van der Waals surface area (Å²) >= 11 is 0. The van der Waals surface area contributed by atoms with E-state index in [1.165, 1.54) is 0 Å². The second kappa shape index (κ2) is 8.53. The first-order chi connectivity index (χ1) is 13.4. The van der Waals surface area contributed by atoms with Crippen LogP contribution in [0, 0.1) is 0 Å². The fraction of sp³-hybridized carbons (Fsp3) is 0.556. The molecule has 3 rings (SSSR count). The molecule has 10 heteroatoms. The van der Waals surface area contributed by atoms with Gasteiger partial charge in [-0.15, -0.1) is 0 Å². The van der Waals surface area contributed by atoms with Crippen LogP contribution >= 0.6 is 0 Å². The molecule has 3 heterocycles. The number of ether oxygens (including phenoxy) is 3. The van der Waals surface area contributed by atoms with Gasteiger partial charge in [-0.25, -0.2) is 9.97 Å². The summed E-state index contributed by atoms with van der Waals surface area (Å²) in [6.07, 6.45) is 3.27. The van der Waals surface area contributed by atoms with Crippen LogP contribution in [0.15, 0.2) is 18.6 Å². The van der Waals surface area contributed by atoms with E-state index in [2.05, 4.69) is 25.2 Å². The number of hydrogen-bond donors (Lipinski definition) is 1.